The summed E-state index contributed by atoms with van der Waals surface area (Å²) in [7, 11) is 0. The Balaban J connectivity index is 2.45. The third kappa shape index (κ3) is 3.00. The number of aromatic nitrogens is 2. The van der Waals surface area contributed by atoms with Crippen molar-refractivity contribution in [3.63, 3.8) is 0 Å². The van der Waals surface area contributed by atoms with Crippen LogP contribution in [-0.2, 0) is 4.79 Å². The zero-order chi connectivity index (χ0) is 8.27. The monoisotopic (exact) mass is 207 g/mol. The van der Waals surface area contributed by atoms with Crippen LogP contribution in [0.2, 0.25) is 0 Å². The van der Waals surface area contributed by atoms with E-state index in [1.807, 2.05) is 0 Å². The quantitative estimate of drug-likeness (QED) is 0.756. The highest BCUT2D eigenvalue weighted by Crippen LogP contribution is 2.23. The zero-order valence-electron chi connectivity index (χ0n) is 5.18. The zero-order valence-corrected chi connectivity index (χ0v) is 7.63. The van der Waals surface area contributed by atoms with Crippen LogP contribution in [0.1, 0.15) is 0 Å². The number of rotatable bonds is 3. The van der Waals surface area contributed by atoms with Gasteiger partial charge in [0.2, 0.25) is 4.34 Å². The highest BCUT2D eigenvalue weighted by Gasteiger charge is 2.04. The van der Waals surface area contributed by atoms with E-state index in [1.54, 1.807) is 0 Å². The van der Waals surface area contributed by atoms with Crippen LogP contribution in [0, 0.1) is 0 Å². The average Bonchev–Trinajstić information content (AvgIpc) is 2.31. The Hall–Kier alpha value is -0.400. The van der Waals surface area contributed by atoms with Crippen molar-refractivity contribution in [1.29, 1.82) is 0 Å². The third-order valence-electron chi connectivity index (χ3n) is 0.707. The van der Waals surface area contributed by atoms with E-state index in [-0.39, 0.29) is 5.75 Å². The maximum Gasteiger partial charge on any atom is 0.313 e. The first-order valence-corrected chi connectivity index (χ1v) is 4.74. The van der Waals surface area contributed by atoms with Crippen LogP contribution in [0.15, 0.2) is 8.68 Å². The molecule has 0 aliphatic carbocycles. The summed E-state index contributed by atoms with van der Waals surface area (Å²) in [6.07, 6.45) is 0. The van der Waals surface area contributed by atoms with Crippen LogP contribution < -0.4 is 0 Å². The fourth-order valence-electron chi connectivity index (χ4n) is 0.379. The molecular formula is C4H3N2O2S3. The van der Waals surface area contributed by atoms with Gasteiger partial charge in [0, 0.05) is 0 Å². The van der Waals surface area contributed by atoms with Crippen LogP contribution in [0.5, 0.6) is 0 Å². The Morgan fingerprint density at radius 1 is 1.73 bits per heavy atom. The molecule has 1 aromatic heterocycles. The van der Waals surface area contributed by atoms with Gasteiger partial charge in [-0.3, -0.25) is 4.79 Å². The molecule has 0 atom stereocenters. The van der Waals surface area contributed by atoms with Crippen molar-refractivity contribution in [3.05, 3.63) is 0 Å². The highest BCUT2D eigenvalue weighted by atomic mass is 32.2. The number of aliphatic carboxylic acids is 1. The maximum absolute atomic E-state index is 10.1. The largest absolute Gasteiger partial charge is 0.481 e. The van der Waals surface area contributed by atoms with Gasteiger partial charge in [-0.2, -0.15) is 0 Å². The van der Waals surface area contributed by atoms with Gasteiger partial charge in [-0.1, -0.05) is 23.1 Å². The van der Waals surface area contributed by atoms with Gasteiger partial charge in [0.1, 0.15) is 0 Å². The van der Waals surface area contributed by atoms with Crippen molar-refractivity contribution in [2.75, 3.05) is 5.75 Å². The summed E-state index contributed by atoms with van der Waals surface area (Å²) in [5.41, 5.74) is 0. The Morgan fingerprint density at radius 3 is 2.91 bits per heavy atom. The summed E-state index contributed by atoms with van der Waals surface area (Å²) in [6, 6.07) is 0. The minimum Gasteiger partial charge on any atom is -0.481 e. The molecule has 1 rings (SSSR count). The molecule has 0 saturated carbocycles. The van der Waals surface area contributed by atoms with Crippen molar-refractivity contribution in [2.45, 2.75) is 8.68 Å². The second kappa shape index (κ2) is 3.84. The van der Waals surface area contributed by atoms with Crippen LogP contribution in [0.3, 0.4) is 0 Å². The molecule has 7 heteroatoms. The summed E-state index contributed by atoms with van der Waals surface area (Å²) in [5.74, 6) is -0.861. The second-order valence-electron chi connectivity index (χ2n) is 1.52. The van der Waals surface area contributed by atoms with Crippen molar-refractivity contribution >= 4 is 41.7 Å². The predicted octanol–water partition coefficient (Wildman–Crippen LogP) is 1.27. The molecule has 0 bridgehead atoms. The van der Waals surface area contributed by atoms with Gasteiger partial charge in [0.25, 0.3) is 0 Å². The van der Waals surface area contributed by atoms with E-state index in [0.29, 0.717) is 8.68 Å². The van der Waals surface area contributed by atoms with E-state index >= 15 is 0 Å². The summed E-state index contributed by atoms with van der Waals surface area (Å²) in [4.78, 5) is 10.1. The SMILES string of the molecule is O=C(O)CSc1nnc([S])s1. The van der Waals surface area contributed by atoms with E-state index < -0.39 is 5.97 Å². The lowest BCUT2D eigenvalue weighted by atomic mass is 10.8. The minimum atomic E-state index is -0.865. The van der Waals surface area contributed by atoms with Crippen LogP contribution in [0.4, 0.5) is 0 Å². The molecule has 1 aromatic rings. The van der Waals surface area contributed by atoms with Gasteiger partial charge < -0.3 is 5.11 Å². The number of carboxylic acid groups (broad SMARTS) is 1. The molecule has 11 heavy (non-hydrogen) atoms. The number of hydrogen-bond donors (Lipinski definition) is 1. The van der Waals surface area contributed by atoms with Gasteiger partial charge in [-0.15, -0.1) is 10.2 Å². The fraction of sp³-hybridized carbons (Fsp3) is 0.250. The lowest BCUT2D eigenvalue weighted by Crippen LogP contribution is -1.96. The molecule has 59 valence electrons. The Bertz CT molecular complexity index is 262. The number of thioether (sulfide) groups is 1. The highest BCUT2D eigenvalue weighted by molar-refractivity contribution is 8.01. The molecule has 1 N–H and O–H groups in total. The van der Waals surface area contributed by atoms with Crippen LogP contribution in [-0.4, -0.2) is 27.0 Å². The van der Waals surface area contributed by atoms with Gasteiger partial charge in [0.15, 0.2) is 4.34 Å². The van der Waals surface area contributed by atoms with E-state index in [1.165, 1.54) is 11.3 Å². The fourth-order valence-corrected chi connectivity index (χ4v) is 2.12. The predicted molar refractivity (Wildman–Crippen MR) is 44.1 cm³/mol. The van der Waals surface area contributed by atoms with E-state index in [4.69, 9.17) is 17.7 Å². The number of carboxylic acids is 1. The number of nitrogens with zero attached hydrogens (tertiary/aromatic N) is 2. The first-order valence-electron chi connectivity index (χ1n) is 2.53. The Morgan fingerprint density at radius 2 is 2.45 bits per heavy atom. The van der Waals surface area contributed by atoms with Crippen molar-refractivity contribution in [1.82, 2.24) is 10.2 Å². The molecule has 1 radical (unpaired) electrons. The Labute approximate surface area is 76.4 Å². The molecule has 0 amide bonds. The van der Waals surface area contributed by atoms with Gasteiger partial charge in [-0.05, 0) is 12.6 Å². The van der Waals surface area contributed by atoms with Crippen molar-refractivity contribution in [3.8, 4) is 0 Å². The summed E-state index contributed by atoms with van der Waals surface area (Å²) >= 11 is 7.05. The van der Waals surface area contributed by atoms with E-state index in [0.717, 1.165) is 11.8 Å². The van der Waals surface area contributed by atoms with Crippen molar-refractivity contribution in [2.24, 2.45) is 0 Å². The lowest BCUT2D eigenvalue weighted by Gasteiger charge is -1.87. The molecule has 0 aromatic carbocycles. The second-order valence-corrected chi connectivity index (χ2v) is 4.36. The van der Waals surface area contributed by atoms with E-state index in [9.17, 15) is 4.79 Å². The van der Waals surface area contributed by atoms with Gasteiger partial charge in [-0.25, -0.2) is 0 Å². The van der Waals surface area contributed by atoms with Gasteiger partial charge in [0.05, 0.1) is 5.75 Å². The molecule has 0 aliphatic rings. The molecule has 0 fully saturated rings. The molecule has 0 spiro atoms. The molecule has 0 aliphatic heterocycles. The molecule has 1 heterocycles. The van der Waals surface area contributed by atoms with Crippen molar-refractivity contribution < 1.29 is 9.90 Å². The first kappa shape index (κ1) is 8.69. The Kier molecular flexibility index (Phi) is 3.03. The van der Waals surface area contributed by atoms with E-state index in [2.05, 4.69) is 10.2 Å². The normalized spacial score (nSPS) is 9.82. The van der Waals surface area contributed by atoms with Gasteiger partial charge >= 0.3 is 5.97 Å². The smallest absolute Gasteiger partial charge is 0.313 e. The third-order valence-corrected chi connectivity index (χ3v) is 2.87. The molecule has 4 nitrogen and oxygen atoms in total. The maximum atomic E-state index is 10.1. The molecule has 0 saturated heterocycles. The summed E-state index contributed by atoms with van der Waals surface area (Å²) < 4.78 is 1.05. The van der Waals surface area contributed by atoms with Crippen LogP contribution >= 0.6 is 35.7 Å². The first-order chi connectivity index (χ1) is 5.18. The summed E-state index contributed by atoms with van der Waals surface area (Å²) in [6.45, 7) is 0. The summed E-state index contributed by atoms with van der Waals surface area (Å²) in [5, 5.41) is 15.5. The van der Waals surface area contributed by atoms with Crippen LogP contribution in [0.25, 0.3) is 0 Å². The average molecular weight is 207 g/mol. The lowest BCUT2D eigenvalue weighted by molar-refractivity contribution is -0.133. The minimum absolute atomic E-state index is 0.00394. The standard InChI is InChI=1S/C4H3N2O2S3/c7-2(8)1-10-4-6-5-3(9)11-4/h1H2,(H,7,8). The number of carbonyl (C=O) groups is 1. The topological polar surface area (TPSA) is 63.1 Å². The molecular weight excluding hydrogens is 204 g/mol. The number of hydrogen-bond acceptors (Lipinski definition) is 5. The molecule has 0 unspecified atom stereocenters.